The summed E-state index contributed by atoms with van der Waals surface area (Å²) in [7, 11) is 0. The second-order valence-corrected chi connectivity index (χ2v) is 2.92. The van der Waals surface area contributed by atoms with E-state index in [-0.39, 0.29) is 0 Å². The molecule has 0 unspecified atom stereocenters. The third kappa shape index (κ3) is 4.08. The Balaban J connectivity index is 0.000000671. The minimum atomic E-state index is 0.845. The van der Waals surface area contributed by atoms with Crippen LogP contribution in [0.15, 0.2) is 22.6 Å². The third-order valence-electron chi connectivity index (χ3n) is 1.22. The molecule has 0 spiro atoms. The van der Waals surface area contributed by atoms with Gasteiger partial charge in [-0.05, 0) is 13.8 Å². The minimum Gasteiger partial charge on any atom is -0.300 e. The van der Waals surface area contributed by atoms with Crippen molar-refractivity contribution < 1.29 is 0 Å². The summed E-state index contributed by atoms with van der Waals surface area (Å²) in [6.07, 6.45) is 6.02. The lowest BCUT2D eigenvalue weighted by Gasteiger charge is -1.89. The first kappa shape index (κ1) is 12.2. The molecular weight excluding hydrogens is 180 g/mol. The largest absolute Gasteiger partial charge is 0.300 e. The van der Waals surface area contributed by atoms with E-state index in [4.69, 9.17) is 0 Å². The molecular formula is C10H18N2S. The Morgan fingerprint density at radius 1 is 1.54 bits per heavy atom. The average Bonchev–Trinajstić information content (AvgIpc) is 2.58. The first-order valence-corrected chi connectivity index (χ1v) is 5.55. The highest BCUT2D eigenvalue weighted by Gasteiger charge is 1.86. The van der Waals surface area contributed by atoms with Crippen LogP contribution in [0, 0.1) is 0 Å². The van der Waals surface area contributed by atoms with Crippen LogP contribution in [0.3, 0.4) is 0 Å². The van der Waals surface area contributed by atoms with E-state index in [1.54, 1.807) is 11.3 Å². The Hall–Kier alpha value is -0.830. The molecule has 2 nitrogen and oxygen atoms in total. The van der Waals surface area contributed by atoms with Crippen molar-refractivity contribution >= 4 is 17.5 Å². The van der Waals surface area contributed by atoms with Crippen LogP contribution in [-0.4, -0.2) is 11.1 Å². The maximum atomic E-state index is 4.32. The fourth-order valence-corrected chi connectivity index (χ4v) is 1.57. The predicted octanol–water partition coefficient (Wildman–Crippen LogP) is 2.99. The number of rotatable bonds is 2. The number of aromatic nitrogens is 1. The smallest absolute Gasteiger partial charge is 0.188 e. The number of allylic oxidation sites excluding steroid dienone is 1. The van der Waals surface area contributed by atoms with E-state index < -0.39 is 0 Å². The van der Waals surface area contributed by atoms with Gasteiger partial charge in [0.05, 0.1) is 0 Å². The van der Waals surface area contributed by atoms with E-state index in [0.29, 0.717) is 0 Å². The molecule has 0 radical (unpaired) electrons. The van der Waals surface area contributed by atoms with Gasteiger partial charge in [0.15, 0.2) is 4.80 Å². The molecule has 3 heteroatoms. The SMILES string of the molecule is C/C=C\n1ccsc1=NCC.CC. The lowest BCUT2D eigenvalue weighted by Crippen LogP contribution is -2.07. The molecule has 0 aromatic carbocycles. The zero-order valence-electron chi connectivity index (χ0n) is 8.82. The van der Waals surface area contributed by atoms with E-state index in [0.717, 1.165) is 11.3 Å². The van der Waals surface area contributed by atoms with Gasteiger partial charge in [-0.25, -0.2) is 0 Å². The van der Waals surface area contributed by atoms with Crippen LogP contribution in [0.4, 0.5) is 0 Å². The van der Waals surface area contributed by atoms with Gasteiger partial charge in [0.1, 0.15) is 0 Å². The van der Waals surface area contributed by atoms with Crippen molar-refractivity contribution in [3.05, 3.63) is 22.5 Å². The van der Waals surface area contributed by atoms with Gasteiger partial charge in [0, 0.05) is 24.3 Å². The van der Waals surface area contributed by atoms with Gasteiger partial charge in [0.2, 0.25) is 0 Å². The molecule has 1 aromatic heterocycles. The summed E-state index contributed by atoms with van der Waals surface area (Å²) < 4.78 is 2.02. The van der Waals surface area contributed by atoms with Crippen LogP contribution >= 0.6 is 11.3 Å². The zero-order valence-corrected chi connectivity index (χ0v) is 9.64. The molecule has 1 aromatic rings. The van der Waals surface area contributed by atoms with Crippen LogP contribution in [0.2, 0.25) is 0 Å². The molecule has 0 amide bonds. The van der Waals surface area contributed by atoms with Crippen molar-refractivity contribution in [2.24, 2.45) is 4.99 Å². The van der Waals surface area contributed by atoms with Crippen molar-refractivity contribution in [1.29, 1.82) is 0 Å². The van der Waals surface area contributed by atoms with E-state index in [2.05, 4.69) is 4.99 Å². The maximum Gasteiger partial charge on any atom is 0.188 e. The van der Waals surface area contributed by atoms with Gasteiger partial charge in [-0.3, -0.25) is 9.56 Å². The fraction of sp³-hybridized carbons (Fsp3) is 0.500. The average molecular weight is 198 g/mol. The van der Waals surface area contributed by atoms with Crippen molar-refractivity contribution in [3.63, 3.8) is 0 Å². The summed E-state index contributed by atoms with van der Waals surface area (Å²) in [5, 5.41) is 2.04. The molecule has 0 fully saturated rings. The number of thiazole rings is 1. The molecule has 0 N–H and O–H groups in total. The Kier molecular flexibility index (Phi) is 7.30. The Morgan fingerprint density at radius 2 is 2.23 bits per heavy atom. The standard InChI is InChI=1S/C8H12N2S.C2H6/c1-3-5-10-6-7-11-8(10)9-4-2;1-2/h3,5-7H,4H2,1-2H3;1-2H3/b5-3-,9-8?;. The van der Waals surface area contributed by atoms with E-state index in [9.17, 15) is 0 Å². The van der Waals surface area contributed by atoms with Crippen LogP contribution in [-0.2, 0) is 0 Å². The van der Waals surface area contributed by atoms with E-state index in [1.807, 2.05) is 56.1 Å². The third-order valence-corrected chi connectivity index (χ3v) is 2.03. The normalized spacial score (nSPS) is 11.5. The predicted molar refractivity (Wildman–Crippen MR) is 60.8 cm³/mol. The van der Waals surface area contributed by atoms with Crippen LogP contribution in [0.1, 0.15) is 27.7 Å². The number of hydrogen-bond donors (Lipinski definition) is 0. The quantitative estimate of drug-likeness (QED) is 0.695. The summed E-state index contributed by atoms with van der Waals surface area (Å²) in [6, 6.07) is 0. The second-order valence-electron chi connectivity index (χ2n) is 2.05. The first-order chi connectivity index (χ1) is 6.38. The molecule has 1 rings (SSSR count). The van der Waals surface area contributed by atoms with Crippen molar-refractivity contribution in [1.82, 2.24) is 4.57 Å². The van der Waals surface area contributed by atoms with Gasteiger partial charge in [0.25, 0.3) is 0 Å². The highest BCUT2D eigenvalue weighted by Crippen LogP contribution is 1.90. The van der Waals surface area contributed by atoms with Crippen LogP contribution < -0.4 is 4.80 Å². The monoisotopic (exact) mass is 198 g/mol. The van der Waals surface area contributed by atoms with E-state index in [1.165, 1.54) is 0 Å². The zero-order chi connectivity index (χ0) is 10.1. The van der Waals surface area contributed by atoms with Gasteiger partial charge >= 0.3 is 0 Å². The van der Waals surface area contributed by atoms with Crippen molar-refractivity contribution in [2.45, 2.75) is 27.7 Å². The molecule has 0 aliphatic heterocycles. The van der Waals surface area contributed by atoms with Crippen molar-refractivity contribution in [3.8, 4) is 0 Å². The fourth-order valence-electron chi connectivity index (χ4n) is 0.810. The summed E-state index contributed by atoms with van der Waals surface area (Å²) in [5.41, 5.74) is 0. The molecule has 0 aliphatic rings. The van der Waals surface area contributed by atoms with Gasteiger partial charge in [-0.1, -0.05) is 19.9 Å². The lowest BCUT2D eigenvalue weighted by molar-refractivity contribution is 0.982. The second kappa shape index (κ2) is 7.80. The van der Waals surface area contributed by atoms with Gasteiger partial charge < -0.3 is 0 Å². The number of hydrogen-bond acceptors (Lipinski definition) is 2. The summed E-state index contributed by atoms with van der Waals surface area (Å²) in [5.74, 6) is 0. The molecule has 1 heterocycles. The summed E-state index contributed by atoms with van der Waals surface area (Å²) >= 11 is 1.66. The van der Waals surface area contributed by atoms with Crippen molar-refractivity contribution in [2.75, 3.05) is 6.54 Å². The topological polar surface area (TPSA) is 17.3 Å². The van der Waals surface area contributed by atoms with E-state index >= 15 is 0 Å². The lowest BCUT2D eigenvalue weighted by atomic mass is 10.7. The minimum absolute atomic E-state index is 0.845. The molecule has 0 saturated heterocycles. The maximum absolute atomic E-state index is 4.32. The van der Waals surface area contributed by atoms with Gasteiger partial charge in [-0.2, -0.15) is 0 Å². The summed E-state index contributed by atoms with van der Waals surface area (Å²) in [6.45, 7) is 8.89. The van der Waals surface area contributed by atoms with Gasteiger partial charge in [-0.15, -0.1) is 11.3 Å². The molecule has 0 saturated carbocycles. The highest BCUT2D eigenvalue weighted by atomic mass is 32.1. The molecule has 0 bridgehead atoms. The Bertz CT molecular complexity index is 294. The first-order valence-electron chi connectivity index (χ1n) is 4.67. The number of nitrogens with zero attached hydrogens (tertiary/aromatic N) is 2. The Labute approximate surface area is 84.3 Å². The van der Waals surface area contributed by atoms with Crippen LogP contribution in [0.5, 0.6) is 0 Å². The van der Waals surface area contributed by atoms with Crippen LogP contribution in [0.25, 0.3) is 6.20 Å². The molecule has 74 valence electrons. The summed E-state index contributed by atoms with van der Waals surface area (Å²) in [4.78, 5) is 5.38. The molecule has 0 atom stereocenters. The highest BCUT2D eigenvalue weighted by molar-refractivity contribution is 7.07. The Morgan fingerprint density at radius 3 is 2.77 bits per heavy atom. The molecule has 13 heavy (non-hydrogen) atoms. The molecule has 0 aliphatic carbocycles.